The van der Waals surface area contributed by atoms with Crippen LogP contribution >= 0.6 is 0 Å². The van der Waals surface area contributed by atoms with Crippen molar-refractivity contribution < 1.29 is 14.2 Å². The van der Waals surface area contributed by atoms with Gasteiger partial charge in [-0.3, -0.25) is 0 Å². The predicted molar refractivity (Wildman–Crippen MR) is 98.0 cm³/mol. The van der Waals surface area contributed by atoms with Crippen LogP contribution in [0.3, 0.4) is 0 Å². The highest BCUT2D eigenvalue weighted by Crippen LogP contribution is 2.23. The molecular weight excluding hydrogens is 320 g/mol. The SMILES string of the molecule is CCNC(=NCc1cccnc1OCCOC)NCC1(C)CCCO1. The number of rotatable bonds is 9. The van der Waals surface area contributed by atoms with E-state index in [4.69, 9.17) is 14.2 Å². The minimum atomic E-state index is -0.112. The number of nitrogens with zero attached hydrogens (tertiary/aromatic N) is 2. The highest BCUT2D eigenvalue weighted by molar-refractivity contribution is 5.79. The van der Waals surface area contributed by atoms with Crippen LogP contribution in [0.25, 0.3) is 0 Å². The van der Waals surface area contributed by atoms with Crippen molar-refractivity contribution >= 4 is 5.96 Å². The monoisotopic (exact) mass is 350 g/mol. The largest absolute Gasteiger partial charge is 0.475 e. The molecule has 0 spiro atoms. The Bertz CT molecular complexity index is 545. The maximum Gasteiger partial charge on any atom is 0.218 e. The van der Waals surface area contributed by atoms with Gasteiger partial charge in [0, 0.05) is 38.6 Å². The van der Waals surface area contributed by atoms with Gasteiger partial charge in [-0.25, -0.2) is 9.98 Å². The molecule has 1 unspecified atom stereocenters. The van der Waals surface area contributed by atoms with Gasteiger partial charge in [0.1, 0.15) is 6.61 Å². The van der Waals surface area contributed by atoms with Gasteiger partial charge in [-0.2, -0.15) is 0 Å². The molecule has 2 heterocycles. The van der Waals surface area contributed by atoms with Crippen molar-refractivity contribution in [2.24, 2.45) is 4.99 Å². The molecule has 1 aromatic heterocycles. The van der Waals surface area contributed by atoms with Crippen molar-refractivity contribution in [2.45, 2.75) is 38.8 Å². The maximum atomic E-state index is 5.82. The number of aromatic nitrogens is 1. The van der Waals surface area contributed by atoms with Crippen LogP contribution < -0.4 is 15.4 Å². The lowest BCUT2D eigenvalue weighted by molar-refractivity contribution is 0.0243. The Morgan fingerprint density at radius 3 is 3.00 bits per heavy atom. The number of guanidine groups is 1. The Morgan fingerprint density at radius 2 is 2.28 bits per heavy atom. The van der Waals surface area contributed by atoms with Crippen LogP contribution in [0, 0.1) is 0 Å². The summed E-state index contributed by atoms with van der Waals surface area (Å²) in [5.74, 6) is 1.37. The second-order valence-electron chi connectivity index (χ2n) is 6.26. The van der Waals surface area contributed by atoms with Crippen LogP contribution in [-0.2, 0) is 16.0 Å². The van der Waals surface area contributed by atoms with Crippen LogP contribution in [0.4, 0.5) is 0 Å². The zero-order chi connectivity index (χ0) is 18.0. The molecule has 7 heteroatoms. The zero-order valence-electron chi connectivity index (χ0n) is 15.5. The Balaban J connectivity index is 1.95. The highest BCUT2D eigenvalue weighted by atomic mass is 16.5. The van der Waals surface area contributed by atoms with Crippen LogP contribution in [0.1, 0.15) is 32.3 Å². The smallest absolute Gasteiger partial charge is 0.218 e. The minimum absolute atomic E-state index is 0.112. The second kappa shape index (κ2) is 10.2. The maximum absolute atomic E-state index is 5.82. The summed E-state index contributed by atoms with van der Waals surface area (Å²) in [6.07, 6.45) is 3.90. The predicted octanol–water partition coefficient (Wildman–Crippen LogP) is 1.73. The molecule has 0 saturated carbocycles. The molecule has 0 bridgehead atoms. The van der Waals surface area contributed by atoms with Gasteiger partial charge in [-0.05, 0) is 32.8 Å². The lowest BCUT2D eigenvalue weighted by Crippen LogP contribution is -2.45. The fraction of sp³-hybridized carbons (Fsp3) is 0.667. The number of hydrogen-bond acceptors (Lipinski definition) is 5. The summed E-state index contributed by atoms with van der Waals surface area (Å²) in [7, 11) is 1.65. The number of pyridine rings is 1. The molecule has 1 aromatic rings. The number of hydrogen-bond donors (Lipinski definition) is 2. The normalized spacial score (nSPS) is 20.5. The Labute approximate surface area is 150 Å². The van der Waals surface area contributed by atoms with E-state index in [1.807, 2.05) is 19.1 Å². The first-order chi connectivity index (χ1) is 12.2. The van der Waals surface area contributed by atoms with Gasteiger partial charge in [0.25, 0.3) is 0 Å². The first-order valence-corrected chi connectivity index (χ1v) is 8.88. The van der Waals surface area contributed by atoms with E-state index in [9.17, 15) is 0 Å². The van der Waals surface area contributed by atoms with E-state index >= 15 is 0 Å². The van der Waals surface area contributed by atoms with Crippen LogP contribution in [0.2, 0.25) is 0 Å². The number of nitrogens with one attached hydrogen (secondary N) is 2. The molecule has 0 radical (unpaired) electrons. The molecule has 1 aliphatic rings. The van der Waals surface area contributed by atoms with Crippen molar-refractivity contribution in [3.63, 3.8) is 0 Å². The van der Waals surface area contributed by atoms with Gasteiger partial charge >= 0.3 is 0 Å². The summed E-state index contributed by atoms with van der Waals surface area (Å²) in [5, 5.41) is 6.65. The van der Waals surface area contributed by atoms with Gasteiger partial charge < -0.3 is 24.8 Å². The van der Waals surface area contributed by atoms with E-state index in [0.717, 1.165) is 44.1 Å². The topological polar surface area (TPSA) is 77.0 Å². The summed E-state index contributed by atoms with van der Waals surface area (Å²) in [4.78, 5) is 8.94. The summed E-state index contributed by atoms with van der Waals surface area (Å²) < 4.78 is 16.5. The molecule has 0 amide bonds. The van der Waals surface area contributed by atoms with Crippen molar-refractivity contribution in [2.75, 3.05) is 40.0 Å². The summed E-state index contributed by atoms with van der Waals surface area (Å²) in [6, 6.07) is 3.87. The third-order valence-electron chi connectivity index (χ3n) is 4.06. The first-order valence-electron chi connectivity index (χ1n) is 8.88. The number of aliphatic imine (C=N–C) groups is 1. The van der Waals surface area contributed by atoms with Crippen LogP contribution in [0.5, 0.6) is 5.88 Å². The van der Waals surface area contributed by atoms with Gasteiger partial charge in [-0.15, -0.1) is 0 Å². The Morgan fingerprint density at radius 1 is 1.40 bits per heavy atom. The molecular formula is C18H30N4O3. The van der Waals surface area contributed by atoms with E-state index in [2.05, 4.69) is 27.5 Å². The third-order valence-corrected chi connectivity index (χ3v) is 4.06. The Kier molecular flexibility index (Phi) is 7.94. The lowest BCUT2D eigenvalue weighted by atomic mass is 10.0. The molecule has 7 nitrogen and oxygen atoms in total. The van der Waals surface area contributed by atoms with Crippen molar-refractivity contribution in [1.29, 1.82) is 0 Å². The fourth-order valence-corrected chi connectivity index (χ4v) is 2.65. The number of methoxy groups -OCH3 is 1. The molecule has 1 aliphatic heterocycles. The van der Waals surface area contributed by atoms with Crippen molar-refractivity contribution in [3.05, 3.63) is 23.9 Å². The van der Waals surface area contributed by atoms with E-state index in [1.54, 1.807) is 13.3 Å². The second-order valence-corrected chi connectivity index (χ2v) is 6.26. The summed E-state index contributed by atoms with van der Waals surface area (Å²) >= 11 is 0. The standard InChI is InChI=1S/C18H30N4O3/c1-4-19-17(22-14-18(2)8-6-10-25-18)21-13-15-7-5-9-20-16(15)24-12-11-23-3/h5,7,9H,4,6,8,10-14H2,1-3H3,(H2,19,21,22). The minimum Gasteiger partial charge on any atom is -0.475 e. The van der Waals surface area contributed by atoms with E-state index in [1.165, 1.54) is 0 Å². The Hall–Kier alpha value is -1.86. The third kappa shape index (κ3) is 6.51. The van der Waals surface area contributed by atoms with Gasteiger partial charge in [-0.1, -0.05) is 6.07 Å². The zero-order valence-corrected chi connectivity index (χ0v) is 15.5. The quantitative estimate of drug-likeness (QED) is 0.401. The van der Waals surface area contributed by atoms with E-state index < -0.39 is 0 Å². The summed E-state index contributed by atoms with van der Waals surface area (Å²) in [5.41, 5.74) is 0.831. The molecule has 2 rings (SSSR count). The molecule has 0 aromatic carbocycles. The van der Waals surface area contributed by atoms with Crippen molar-refractivity contribution in [1.82, 2.24) is 15.6 Å². The van der Waals surface area contributed by atoms with Crippen LogP contribution in [-0.4, -0.2) is 56.6 Å². The van der Waals surface area contributed by atoms with Gasteiger partial charge in [0.05, 0.1) is 18.8 Å². The summed E-state index contributed by atoms with van der Waals surface area (Å²) in [6.45, 7) is 8.05. The van der Waals surface area contributed by atoms with Crippen molar-refractivity contribution in [3.8, 4) is 5.88 Å². The number of ether oxygens (including phenoxy) is 3. The molecule has 1 saturated heterocycles. The fourth-order valence-electron chi connectivity index (χ4n) is 2.65. The first kappa shape index (κ1) is 19.5. The average Bonchev–Trinajstić information content (AvgIpc) is 3.05. The molecule has 140 valence electrons. The molecule has 1 fully saturated rings. The van der Waals surface area contributed by atoms with E-state index in [-0.39, 0.29) is 5.60 Å². The molecule has 0 aliphatic carbocycles. The van der Waals surface area contributed by atoms with Gasteiger partial charge in [0.2, 0.25) is 5.88 Å². The van der Waals surface area contributed by atoms with Gasteiger partial charge in [0.15, 0.2) is 5.96 Å². The van der Waals surface area contributed by atoms with E-state index in [0.29, 0.717) is 25.6 Å². The molecule has 25 heavy (non-hydrogen) atoms. The lowest BCUT2D eigenvalue weighted by Gasteiger charge is -2.24. The average molecular weight is 350 g/mol. The molecule has 1 atom stereocenters. The highest BCUT2D eigenvalue weighted by Gasteiger charge is 2.29. The van der Waals surface area contributed by atoms with Crippen LogP contribution in [0.15, 0.2) is 23.3 Å². The molecule has 2 N–H and O–H groups in total.